The third-order valence-electron chi connectivity index (χ3n) is 9.69. The fourth-order valence-electron chi connectivity index (χ4n) is 7.24. The molecule has 0 radical (unpaired) electrons. The number of aryl methyl sites for hydroxylation is 1. The minimum Gasteiger partial charge on any atom is -0.368 e. The Balaban J connectivity index is 1.20. The van der Waals surface area contributed by atoms with Crippen LogP contribution in [0.2, 0.25) is 0 Å². The SMILES string of the molecule is O=C(C1CC1)N1CCN(c2cc(C3CC3)c3ccc4c(c3c2)CCC2=C4C=CCC2)C[C@H]1C1CC1. The second-order valence-electron chi connectivity index (χ2n) is 12.1. The highest BCUT2D eigenvalue weighted by molar-refractivity contribution is 5.98. The zero-order valence-corrected chi connectivity index (χ0v) is 20.8. The topological polar surface area (TPSA) is 23.6 Å². The van der Waals surface area contributed by atoms with Gasteiger partial charge in [-0.05, 0) is 121 Å². The van der Waals surface area contributed by atoms with Gasteiger partial charge < -0.3 is 9.80 Å². The molecule has 8 rings (SSSR count). The van der Waals surface area contributed by atoms with Crippen LogP contribution in [-0.4, -0.2) is 36.5 Å². The first kappa shape index (κ1) is 20.6. The number of benzene rings is 2. The number of rotatable bonds is 4. The zero-order chi connectivity index (χ0) is 23.1. The molecule has 0 spiro atoms. The minimum absolute atomic E-state index is 0.337. The molecule has 1 aliphatic heterocycles. The van der Waals surface area contributed by atoms with Gasteiger partial charge in [0.25, 0.3) is 0 Å². The molecule has 1 atom stereocenters. The Morgan fingerprint density at radius 1 is 0.886 bits per heavy atom. The number of carbonyl (C=O) groups excluding carboxylic acids is 1. The molecule has 1 saturated heterocycles. The van der Waals surface area contributed by atoms with E-state index >= 15 is 0 Å². The van der Waals surface area contributed by atoms with Gasteiger partial charge in [-0.2, -0.15) is 0 Å². The van der Waals surface area contributed by atoms with Gasteiger partial charge in [-0.25, -0.2) is 0 Å². The van der Waals surface area contributed by atoms with Crippen LogP contribution >= 0.6 is 0 Å². The van der Waals surface area contributed by atoms with Crippen molar-refractivity contribution in [3.8, 4) is 0 Å². The summed E-state index contributed by atoms with van der Waals surface area (Å²) in [6.45, 7) is 2.90. The van der Waals surface area contributed by atoms with Gasteiger partial charge in [0.1, 0.15) is 0 Å². The second-order valence-corrected chi connectivity index (χ2v) is 12.1. The summed E-state index contributed by atoms with van der Waals surface area (Å²) in [5.74, 6) is 2.25. The molecule has 2 aromatic carbocycles. The van der Waals surface area contributed by atoms with Crippen LogP contribution in [-0.2, 0) is 11.2 Å². The number of allylic oxidation sites excluding steroid dienone is 4. The van der Waals surface area contributed by atoms with E-state index in [0.29, 0.717) is 17.9 Å². The maximum absolute atomic E-state index is 13.0. The first-order valence-corrected chi connectivity index (χ1v) is 14.3. The van der Waals surface area contributed by atoms with E-state index < -0.39 is 0 Å². The second kappa shape index (κ2) is 7.72. The van der Waals surface area contributed by atoms with Gasteiger partial charge in [-0.3, -0.25) is 4.79 Å². The first-order valence-electron chi connectivity index (χ1n) is 14.3. The van der Waals surface area contributed by atoms with Crippen LogP contribution in [0, 0.1) is 11.8 Å². The van der Waals surface area contributed by atoms with E-state index in [9.17, 15) is 4.79 Å². The highest BCUT2D eigenvalue weighted by Gasteiger charge is 2.44. The number of carbonyl (C=O) groups is 1. The van der Waals surface area contributed by atoms with Crippen LogP contribution in [0.1, 0.15) is 80.4 Å². The number of hydrogen-bond donors (Lipinski definition) is 0. The molecule has 1 heterocycles. The van der Waals surface area contributed by atoms with E-state index in [1.807, 2.05) is 0 Å². The van der Waals surface area contributed by atoms with Crippen molar-refractivity contribution in [1.82, 2.24) is 4.90 Å². The fraction of sp³-hybridized carbons (Fsp3) is 0.531. The fourth-order valence-corrected chi connectivity index (χ4v) is 7.24. The molecule has 3 saturated carbocycles. The van der Waals surface area contributed by atoms with Crippen LogP contribution in [0.15, 0.2) is 42.0 Å². The maximum Gasteiger partial charge on any atom is 0.226 e. The Morgan fingerprint density at radius 3 is 2.57 bits per heavy atom. The lowest BCUT2D eigenvalue weighted by Crippen LogP contribution is -2.56. The lowest BCUT2D eigenvalue weighted by Gasteiger charge is -2.43. The molecular formula is C32H36N2O. The standard InChI is InChI=1S/C32H36N2O/c35-32(23-9-10-23)34-16-15-33(19-31(34)22-7-8-22)24-17-29(21-5-6-21)28-14-13-26-25-4-2-1-3-20(25)11-12-27(26)30(28)18-24/h2,4,13-14,17-18,21-23,31H,1,3,5-12,15-16,19H2/t31-/m0/s1. The third-order valence-corrected chi connectivity index (χ3v) is 9.69. The van der Waals surface area contributed by atoms with Crippen molar-refractivity contribution in [1.29, 1.82) is 0 Å². The minimum atomic E-state index is 0.337. The molecule has 0 N–H and O–H groups in total. The van der Waals surface area contributed by atoms with Gasteiger partial charge in [-0.1, -0.05) is 29.9 Å². The van der Waals surface area contributed by atoms with Crippen molar-refractivity contribution in [2.45, 2.75) is 76.2 Å². The number of hydrogen-bond acceptors (Lipinski definition) is 2. The maximum atomic E-state index is 13.0. The Labute approximate surface area is 208 Å². The highest BCUT2D eigenvalue weighted by atomic mass is 16.2. The Morgan fingerprint density at radius 2 is 1.77 bits per heavy atom. The molecule has 0 bridgehead atoms. The molecule has 5 aliphatic carbocycles. The van der Waals surface area contributed by atoms with Gasteiger partial charge in [0, 0.05) is 31.2 Å². The molecule has 0 unspecified atom stereocenters. The average molecular weight is 465 g/mol. The average Bonchev–Trinajstić information content (AvgIpc) is 3.76. The zero-order valence-electron chi connectivity index (χ0n) is 20.8. The lowest BCUT2D eigenvalue weighted by molar-refractivity contribution is -0.135. The van der Waals surface area contributed by atoms with Gasteiger partial charge in [0.05, 0.1) is 6.04 Å². The summed E-state index contributed by atoms with van der Waals surface area (Å²) in [7, 11) is 0. The summed E-state index contributed by atoms with van der Waals surface area (Å²) in [5, 5.41) is 3.01. The first-order chi connectivity index (χ1) is 17.2. The molecule has 0 aromatic heterocycles. The summed E-state index contributed by atoms with van der Waals surface area (Å²) >= 11 is 0. The number of nitrogens with zero attached hydrogens (tertiary/aromatic N) is 2. The number of piperazine rings is 1. The van der Waals surface area contributed by atoms with Crippen LogP contribution in [0.25, 0.3) is 16.3 Å². The van der Waals surface area contributed by atoms with Crippen LogP contribution in [0.3, 0.4) is 0 Å². The smallest absolute Gasteiger partial charge is 0.226 e. The molecular weight excluding hydrogens is 428 g/mol. The molecule has 2 aromatic rings. The van der Waals surface area contributed by atoms with Crippen molar-refractivity contribution in [3.05, 3.63) is 58.7 Å². The molecule has 3 nitrogen and oxygen atoms in total. The van der Waals surface area contributed by atoms with E-state index in [2.05, 4.69) is 46.2 Å². The lowest BCUT2D eigenvalue weighted by atomic mass is 9.79. The van der Waals surface area contributed by atoms with E-state index in [1.54, 1.807) is 16.7 Å². The largest absolute Gasteiger partial charge is 0.368 e. The normalized spacial score (nSPS) is 26.2. The van der Waals surface area contributed by atoms with Crippen molar-refractivity contribution in [3.63, 3.8) is 0 Å². The van der Waals surface area contributed by atoms with Gasteiger partial charge >= 0.3 is 0 Å². The molecule has 1 amide bonds. The molecule has 35 heavy (non-hydrogen) atoms. The van der Waals surface area contributed by atoms with E-state index in [4.69, 9.17) is 0 Å². The van der Waals surface area contributed by atoms with Gasteiger partial charge in [-0.15, -0.1) is 0 Å². The summed E-state index contributed by atoms with van der Waals surface area (Å²) in [5.41, 5.74) is 9.25. The summed E-state index contributed by atoms with van der Waals surface area (Å²) in [6.07, 6.45) is 17.1. The number of anilines is 1. The Bertz CT molecular complexity index is 1290. The van der Waals surface area contributed by atoms with Crippen LogP contribution in [0.5, 0.6) is 0 Å². The van der Waals surface area contributed by atoms with E-state index in [1.165, 1.54) is 79.0 Å². The number of amides is 1. The quantitative estimate of drug-likeness (QED) is 0.509. The molecule has 180 valence electrons. The van der Waals surface area contributed by atoms with Gasteiger partial charge in [0.15, 0.2) is 0 Å². The summed E-state index contributed by atoms with van der Waals surface area (Å²) in [6, 6.07) is 10.3. The molecule has 6 aliphatic rings. The van der Waals surface area contributed by atoms with Crippen molar-refractivity contribution in [2.24, 2.45) is 11.8 Å². The van der Waals surface area contributed by atoms with Crippen LogP contribution < -0.4 is 4.90 Å². The third kappa shape index (κ3) is 3.49. The van der Waals surface area contributed by atoms with E-state index in [0.717, 1.165) is 44.3 Å². The van der Waals surface area contributed by atoms with Gasteiger partial charge in [0.2, 0.25) is 5.91 Å². The van der Waals surface area contributed by atoms with Crippen molar-refractivity contribution >= 4 is 27.9 Å². The van der Waals surface area contributed by atoms with Crippen molar-refractivity contribution in [2.75, 3.05) is 24.5 Å². The van der Waals surface area contributed by atoms with Crippen LogP contribution in [0.4, 0.5) is 5.69 Å². The monoisotopic (exact) mass is 464 g/mol. The summed E-state index contributed by atoms with van der Waals surface area (Å²) < 4.78 is 0. The Hall–Kier alpha value is -2.55. The predicted octanol–water partition coefficient (Wildman–Crippen LogP) is 6.60. The Kier molecular flexibility index (Phi) is 4.55. The predicted molar refractivity (Wildman–Crippen MR) is 143 cm³/mol. The van der Waals surface area contributed by atoms with E-state index in [-0.39, 0.29) is 0 Å². The summed E-state index contributed by atoms with van der Waals surface area (Å²) in [4.78, 5) is 18.0. The molecule has 3 heteroatoms. The van der Waals surface area contributed by atoms with Crippen molar-refractivity contribution < 1.29 is 4.79 Å². The highest BCUT2D eigenvalue weighted by Crippen LogP contribution is 2.48. The number of fused-ring (bicyclic) bond motifs is 4. The molecule has 4 fully saturated rings.